The number of halogens is 3. The minimum Gasteiger partial charge on any atom is -0.323 e. The molecule has 0 spiro atoms. The van der Waals surface area contributed by atoms with Crippen molar-refractivity contribution in [2.24, 2.45) is 0 Å². The number of anilines is 1. The average Bonchev–Trinajstić information content (AvgIpc) is 2.87. The summed E-state index contributed by atoms with van der Waals surface area (Å²) >= 11 is 5.95. The molecule has 1 saturated heterocycles. The van der Waals surface area contributed by atoms with Crippen LogP contribution in [0.3, 0.4) is 0 Å². The zero-order valence-corrected chi connectivity index (χ0v) is 21.9. The van der Waals surface area contributed by atoms with E-state index in [1.807, 2.05) is 11.8 Å². The van der Waals surface area contributed by atoms with Gasteiger partial charge in [0.25, 0.3) is 10.0 Å². The Bertz CT molecular complexity index is 1170. The molecule has 6 nitrogen and oxygen atoms in total. The van der Waals surface area contributed by atoms with Crippen LogP contribution < -0.4 is 4.31 Å². The maximum atomic E-state index is 15.0. The van der Waals surface area contributed by atoms with Crippen molar-refractivity contribution >= 4 is 33.3 Å². The minimum absolute atomic E-state index is 0.0867. The Labute approximate surface area is 216 Å². The number of benzene rings is 2. The number of amides is 2. The molecule has 1 saturated carbocycles. The number of sulfonamides is 1. The van der Waals surface area contributed by atoms with E-state index in [-0.39, 0.29) is 29.2 Å². The van der Waals surface area contributed by atoms with Gasteiger partial charge >= 0.3 is 6.03 Å². The lowest BCUT2D eigenvalue weighted by Gasteiger charge is -2.43. The first-order chi connectivity index (χ1) is 17.2. The van der Waals surface area contributed by atoms with E-state index >= 15 is 0 Å². The van der Waals surface area contributed by atoms with Crippen molar-refractivity contribution in [3.63, 3.8) is 0 Å². The highest BCUT2D eigenvalue weighted by Crippen LogP contribution is 2.33. The number of likely N-dealkylation sites (tertiary alicyclic amines) is 1. The summed E-state index contributed by atoms with van der Waals surface area (Å²) in [5, 5.41) is 0.356. The van der Waals surface area contributed by atoms with Crippen molar-refractivity contribution < 1.29 is 22.0 Å². The van der Waals surface area contributed by atoms with Crippen LogP contribution >= 0.6 is 11.6 Å². The second-order valence-corrected chi connectivity index (χ2v) is 11.7. The average molecular weight is 540 g/mol. The lowest BCUT2D eigenvalue weighted by Crippen LogP contribution is -2.56. The van der Waals surface area contributed by atoms with Crippen molar-refractivity contribution in [1.82, 2.24) is 9.80 Å². The largest absolute Gasteiger partial charge is 0.323 e. The van der Waals surface area contributed by atoms with Gasteiger partial charge in [0.15, 0.2) is 0 Å². The number of piperidine rings is 1. The molecule has 0 bridgehead atoms. The topological polar surface area (TPSA) is 60.9 Å². The zero-order valence-electron chi connectivity index (χ0n) is 20.4. The minimum atomic E-state index is -4.29. The van der Waals surface area contributed by atoms with Crippen LogP contribution in [0.5, 0.6) is 0 Å². The van der Waals surface area contributed by atoms with Crippen LogP contribution in [0.4, 0.5) is 19.3 Å². The van der Waals surface area contributed by atoms with E-state index in [0.717, 1.165) is 48.2 Å². The van der Waals surface area contributed by atoms with E-state index in [0.29, 0.717) is 31.0 Å². The van der Waals surface area contributed by atoms with Crippen molar-refractivity contribution in [3.05, 3.63) is 59.1 Å². The Morgan fingerprint density at radius 3 is 2.33 bits per heavy atom. The molecule has 1 aliphatic carbocycles. The van der Waals surface area contributed by atoms with Crippen LogP contribution in [0.25, 0.3) is 0 Å². The Morgan fingerprint density at radius 2 is 1.67 bits per heavy atom. The zero-order chi connectivity index (χ0) is 25.9. The normalized spacial score (nSPS) is 19.2. The summed E-state index contributed by atoms with van der Waals surface area (Å²) in [5.74, 6) is -1.60. The number of carbonyl (C=O) groups is 1. The van der Waals surface area contributed by atoms with Gasteiger partial charge < -0.3 is 9.80 Å². The molecule has 1 unspecified atom stereocenters. The number of hydrogen-bond acceptors (Lipinski definition) is 3. The fourth-order valence-corrected chi connectivity index (χ4v) is 7.14. The third kappa shape index (κ3) is 5.62. The van der Waals surface area contributed by atoms with E-state index in [9.17, 15) is 22.0 Å². The summed E-state index contributed by atoms with van der Waals surface area (Å²) in [5.41, 5.74) is -0.371. The lowest BCUT2D eigenvalue weighted by atomic mass is 9.94. The second kappa shape index (κ2) is 11.3. The molecule has 196 valence electrons. The first-order valence-corrected chi connectivity index (χ1v) is 14.3. The van der Waals surface area contributed by atoms with Gasteiger partial charge in [0.1, 0.15) is 11.6 Å². The summed E-state index contributed by atoms with van der Waals surface area (Å²) in [4.78, 5) is 17.0. The van der Waals surface area contributed by atoms with Gasteiger partial charge in [0.05, 0.1) is 16.6 Å². The van der Waals surface area contributed by atoms with Gasteiger partial charge in [-0.15, -0.1) is 0 Å². The predicted molar refractivity (Wildman–Crippen MR) is 137 cm³/mol. The summed E-state index contributed by atoms with van der Waals surface area (Å²) in [6.45, 7) is 3.09. The van der Waals surface area contributed by atoms with Crippen LogP contribution in [-0.4, -0.2) is 56.0 Å². The lowest BCUT2D eigenvalue weighted by molar-refractivity contribution is 0.113. The summed E-state index contributed by atoms with van der Waals surface area (Å²) in [6.07, 6.45) is 6.21. The van der Waals surface area contributed by atoms with Gasteiger partial charge in [-0.2, -0.15) is 0 Å². The molecule has 10 heteroatoms. The van der Waals surface area contributed by atoms with Crippen LogP contribution in [0, 0.1) is 11.6 Å². The molecule has 0 aromatic heterocycles. The molecule has 36 heavy (non-hydrogen) atoms. The molecule has 2 aromatic rings. The van der Waals surface area contributed by atoms with Gasteiger partial charge in [0, 0.05) is 36.8 Å². The van der Waals surface area contributed by atoms with Crippen LogP contribution in [0.15, 0.2) is 47.4 Å². The first kappa shape index (κ1) is 26.7. The molecular weight excluding hydrogens is 508 g/mol. The number of carbonyl (C=O) groups excluding carboxylic acids is 1. The molecule has 4 rings (SSSR count). The third-order valence-electron chi connectivity index (χ3n) is 7.12. The van der Waals surface area contributed by atoms with Gasteiger partial charge in [-0.05, 0) is 69.0 Å². The van der Waals surface area contributed by atoms with Crippen molar-refractivity contribution in [1.29, 1.82) is 0 Å². The summed E-state index contributed by atoms with van der Waals surface area (Å²) in [7, 11) is -4.29. The van der Waals surface area contributed by atoms with Gasteiger partial charge in [-0.25, -0.2) is 22.0 Å². The van der Waals surface area contributed by atoms with E-state index in [1.165, 1.54) is 30.7 Å². The predicted octanol–water partition coefficient (Wildman–Crippen LogP) is 6.05. The van der Waals surface area contributed by atoms with Crippen molar-refractivity contribution in [2.75, 3.05) is 23.9 Å². The molecule has 1 atom stereocenters. The monoisotopic (exact) mass is 539 g/mol. The second-order valence-electron chi connectivity index (χ2n) is 9.45. The van der Waals surface area contributed by atoms with E-state index in [4.69, 9.17) is 11.6 Å². The molecule has 2 fully saturated rings. The van der Waals surface area contributed by atoms with E-state index in [1.54, 1.807) is 4.90 Å². The van der Waals surface area contributed by atoms with Crippen LogP contribution in [-0.2, 0) is 10.0 Å². The number of hydrogen-bond donors (Lipinski definition) is 0. The Hall–Kier alpha value is -2.39. The Kier molecular flexibility index (Phi) is 8.40. The fraction of sp³-hybridized carbons (Fsp3) is 0.500. The molecule has 2 aliphatic rings. The smallest absolute Gasteiger partial charge is 0.320 e. The quantitative estimate of drug-likeness (QED) is 0.449. The molecular formula is C26H32ClF2N3O3S. The maximum Gasteiger partial charge on any atom is 0.320 e. The van der Waals surface area contributed by atoms with Crippen molar-refractivity contribution in [3.8, 4) is 0 Å². The highest BCUT2D eigenvalue weighted by atomic mass is 35.5. The molecule has 0 radical (unpaired) electrons. The third-order valence-corrected chi connectivity index (χ3v) is 9.25. The van der Waals surface area contributed by atoms with Crippen LogP contribution in [0.1, 0.15) is 51.9 Å². The molecule has 2 amide bonds. The maximum absolute atomic E-state index is 15.0. The highest BCUT2D eigenvalue weighted by molar-refractivity contribution is 7.92. The molecule has 0 N–H and O–H groups in total. The number of urea groups is 1. The van der Waals surface area contributed by atoms with Crippen molar-refractivity contribution in [2.45, 2.75) is 68.8 Å². The number of rotatable bonds is 6. The van der Waals surface area contributed by atoms with E-state index < -0.39 is 27.7 Å². The highest BCUT2D eigenvalue weighted by Gasteiger charge is 2.39. The Morgan fingerprint density at radius 1 is 1.00 bits per heavy atom. The van der Waals surface area contributed by atoms with Gasteiger partial charge in [-0.1, -0.05) is 30.9 Å². The summed E-state index contributed by atoms with van der Waals surface area (Å²) < 4.78 is 57.7. The van der Waals surface area contributed by atoms with Gasteiger partial charge in [-0.3, -0.25) is 4.31 Å². The standard InChI is InChI=1S/C26H32ClF2N3O3S/c1-2-31(21-7-4-3-5-8-21)26(33)30-16-6-9-22(18-30)32(25-17-20(28)12-15-24(25)29)36(34,35)23-13-10-19(27)11-14-23/h10-15,17,21-22H,2-9,16,18H2,1H3. The molecule has 2 aromatic carbocycles. The SMILES string of the molecule is CCN(C(=O)N1CCCC(N(c2cc(F)ccc2F)S(=O)(=O)c2ccc(Cl)cc2)C1)C1CCCCC1. The fourth-order valence-electron chi connectivity index (χ4n) is 5.34. The molecule has 1 heterocycles. The molecule has 1 aliphatic heterocycles. The first-order valence-electron chi connectivity index (χ1n) is 12.5. The summed E-state index contributed by atoms with van der Waals surface area (Å²) in [6, 6.07) is 7.61. The Balaban J connectivity index is 1.68. The van der Waals surface area contributed by atoms with E-state index in [2.05, 4.69) is 0 Å². The number of nitrogens with zero attached hydrogens (tertiary/aromatic N) is 3. The van der Waals surface area contributed by atoms with Gasteiger partial charge in [0.2, 0.25) is 0 Å². The van der Waals surface area contributed by atoms with Crippen LogP contribution in [0.2, 0.25) is 5.02 Å².